The molecule has 2 bridgehead atoms. The zero-order valence-electron chi connectivity index (χ0n) is 12.1. The second-order valence-corrected chi connectivity index (χ2v) is 6.26. The fourth-order valence-electron chi connectivity index (χ4n) is 3.62. The van der Waals surface area contributed by atoms with Gasteiger partial charge in [-0.3, -0.25) is 25.1 Å². The fraction of sp³-hybridized carbons (Fsp3) is 0.467. The van der Waals surface area contributed by atoms with Crippen LogP contribution in [0.5, 0.6) is 0 Å². The van der Waals surface area contributed by atoms with E-state index in [1.54, 1.807) is 12.2 Å². The zero-order chi connectivity index (χ0) is 15.8. The molecule has 1 saturated heterocycles. The highest BCUT2D eigenvalue weighted by atomic mass is 16.6. The van der Waals surface area contributed by atoms with E-state index < -0.39 is 11.1 Å². The van der Waals surface area contributed by atoms with E-state index in [0.29, 0.717) is 6.54 Å². The first kappa shape index (κ1) is 14.6. The fourth-order valence-corrected chi connectivity index (χ4v) is 3.62. The summed E-state index contributed by atoms with van der Waals surface area (Å²) in [5.41, 5.74) is -1.60. The molecule has 0 amide bonds. The monoisotopic (exact) mass is 303 g/mol. The van der Waals surface area contributed by atoms with E-state index in [4.69, 9.17) is 0 Å². The van der Waals surface area contributed by atoms with E-state index in [9.17, 15) is 20.2 Å². The van der Waals surface area contributed by atoms with Crippen molar-refractivity contribution >= 4 is 0 Å². The van der Waals surface area contributed by atoms with Gasteiger partial charge in [0.1, 0.15) is 0 Å². The molecule has 1 aromatic carbocycles. The van der Waals surface area contributed by atoms with Gasteiger partial charge in [0.05, 0.1) is 19.5 Å². The molecule has 1 aromatic rings. The molecule has 0 saturated carbocycles. The van der Waals surface area contributed by atoms with Crippen molar-refractivity contribution in [1.82, 2.24) is 4.90 Å². The Kier molecular flexibility index (Phi) is 3.44. The van der Waals surface area contributed by atoms with Crippen LogP contribution in [0.2, 0.25) is 0 Å². The maximum absolute atomic E-state index is 11.6. The van der Waals surface area contributed by atoms with E-state index in [0.717, 1.165) is 5.56 Å². The highest BCUT2D eigenvalue weighted by Gasteiger charge is 2.62. The Balaban J connectivity index is 1.92. The van der Waals surface area contributed by atoms with Crippen LogP contribution in [-0.4, -0.2) is 38.9 Å². The van der Waals surface area contributed by atoms with Gasteiger partial charge in [0.15, 0.2) is 0 Å². The average Bonchev–Trinajstić information content (AvgIpc) is 2.47. The van der Waals surface area contributed by atoms with E-state index in [2.05, 4.69) is 0 Å². The molecule has 0 radical (unpaired) electrons. The summed E-state index contributed by atoms with van der Waals surface area (Å²) in [5, 5.41) is 23.1. The van der Waals surface area contributed by atoms with Crippen LogP contribution in [0.15, 0.2) is 42.5 Å². The summed E-state index contributed by atoms with van der Waals surface area (Å²) in [5.74, 6) is 0. The molecule has 0 spiro atoms. The van der Waals surface area contributed by atoms with Crippen molar-refractivity contribution in [2.75, 3.05) is 13.1 Å². The maximum Gasteiger partial charge on any atom is 0.259 e. The van der Waals surface area contributed by atoms with Crippen LogP contribution in [-0.2, 0) is 6.54 Å². The summed E-state index contributed by atoms with van der Waals surface area (Å²) in [6.07, 6.45) is 3.38. The van der Waals surface area contributed by atoms with Crippen LogP contribution in [0.3, 0.4) is 0 Å². The topological polar surface area (TPSA) is 89.5 Å². The van der Waals surface area contributed by atoms with Crippen molar-refractivity contribution in [2.45, 2.75) is 30.5 Å². The number of piperidine rings is 1. The maximum atomic E-state index is 11.6. The Labute approximate surface area is 127 Å². The minimum Gasteiger partial charge on any atom is -0.285 e. The lowest BCUT2D eigenvalue weighted by atomic mass is 9.72. The summed E-state index contributed by atoms with van der Waals surface area (Å²) < 4.78 is 0. The minimum atomic E-state index is -1.35. The summed E-state index contributed by atoms with van der Waals surface area (Å²) in [6.45, 7) is 0.940. The predicted octanol–water partition coefficient (Wildman–Crippen LogP) is 1.88. The molecule has 1 aliphatic carbocycles. The van der Waals surface area contributed by atoms with E-state index in [1.807, 2.05) is 35.2 Å². The summed E-state index contributed by atoms with van der Waals surface area (Å²) >= 11 is 0. The van der Waals surface area contributed by atoms with Crippen molar-refractivity contribution in [3.63, 3.8) is 0 Å². The van der Waals surface area contributed by atoms with Crippen molar-refractivity contribution in [2.24, 2.45) is 0 Å². The molecule has 7 heteroatoms. The van der Waals surface area contributed by atoms with Gasteiger partial charge in [-0.15, -0.1) is 0 Å². The average molecular weight is 303 g/mol. The molecule has 2 atom stereocenters. The molecule has 0 N–H and O–H groups in total. The van der Waals surface area contributed by atoms with Gasteiger partial charge < -0.3 is 0 Å². The van der Waals surface area contributed by atoms with Gasteiger partial charge in [0, 0.05) is 22.8 Å². The van der Waals surface area contributed by atoms with E-state index in [-0.39, 0.29) is 35.8 Å². The largest absolute Gasteiger partial charge is 0.285 e. The number of hydrogen-bond donors (Lipinski definition) is 0. The first-order chi connectivity index (χ1) is 10.5. The first-order valence-corrected chi connectivity index (χ1v) is 7.19. The highest BCUT2D eigenvalue weighted by molar-refractivity contribution is 5.19. The van der Waals surface area contributed by atoms with Crippen molar-refractivity contribution in [3.05, 3.63) is 68.3 Å². The molecular formula is C15H17N3O4. The lowest BCUT2D eigenvalue weighted by Crippen LogP contribution is -2.65. The van der Waals surface area contributed by atoms with Crippen molar-refractivity contribution in [1.29, 1.82) is 0 Å². The molecule has 22 heavy (non-hydrogen) atoms. The van der Waals surface area contributed by atoms with Crippen molar-refractivity contribution < 1.29 is 9.85 Å². The predicted molar refractivity (Wildman–Crippen MR) is 79.5 cm³/mol. The van der Waals surface area contributed by atoms with Crippen LogP contribution >= 0.6 is 0 Å². The molecule has 0 aromatic heterocycles. The standard InChI is InChI=1S/C15H17N3O4/c19-17(20)14-7-4-8-15(10-14,18(21)22)12-16(11-14)9-13-5-2-1-3-6-13/h1-7H,8-12H2. The number of benzene rings is 1. The first-order valence-electron chi connectivity index (χ1n) is 7.19. The molecule has 2 aliphatic rings. The number of nitrogens with zero attached hydrogens (tertiary/aromatic N) is 3. The van der Waals surface area contributed by atoms with Gasteiger partial charge >= 0.3 is 0 Å². The van der Waals surface area contributed by atoms with E-state index in [1.165, 1.54) is 0 Å². The molecule has 116 valence electrons. The summed E-state index contributed by atoms with van der Waals surface area (Å²) in [7, 11) is 0. The van der Waals surface area contributed by atoms with Crippen LogP contribution in [0.4, 0.5) is 0 Å². The molecule has 7 nitrogen and oxygen atoms in total. The van der Waals surface area contributed by atoms with Crippen LogP contribution < -0.4 is 0 Å². The third kappa shape index (κ3) is 2.37. The third-order valence-corrected chi connectivity index (χ3v) is 4.58. The lowest BCUT2D eigenvalue weighted by molar-refractivity contribution is -0.619. The van der Waals surface area contributed by atoms with Crippen LogP contribution in [0, 0.1) is 20.2 Å². The lowest BCUT2D eigenvalue weighted by Gasteiger charge is -2.43. The van der Waals surface area contributed by atoms with E-state index >= 15 is 0 Å². The summed E-state index contributed by atoms with van der Waals surface area (Å²) in [6, 6.07) is 9.54. The van der Waals surface area contributed by atoms with Crippen LogP contribution in [0.1, 0.15) is 18.4 Å². The second kappa shape index (κ2) is 5.17. The Morgan fingerprint density at radius 1 is 1.09 bits per heavy atom. The number of hydrogen-bond acceptors (Lipinski definition) is 5. The Bertz CT molecular complexity index is 633. The van der Waals surface area contributed by atoms with Gasteiger partial charge in [-0.2, -0.15) is 0 Å². The van der Waals surface area contributed by atoms with Gasteiger partial charge in [-0.1, -0.05) is 36.4 Å². The number of likely N-dealkylation sites (tertiary alicyclic amines) is 1. The Morgan fingerprint density at radius 2 is 1.82 bits per heavy atom. The smallest absolute Gasteiger partial charge is 0.259 e. The molecule has 3 rings (SSSR count). The van der Waals surface area contributed by atoms with Gasteiger partial charge in [0.25, 0.3) is 5.54 Å². The zero-order valence-corrected chi connectivity index (χ0v) is 12.1. The van der Waals surface area contributed by atoms with Gasteiger partial charge in [0.2, 0.25) is 5.54 Å². The molecular weight excluding hydrogens is 286 g/mol. The Morgan fingerprint density at radius 3 is 2.45 bits per heavy atom. The minimum absolute atomic E-state index is 0.0260. The highest BCUT2D eigenvalue weighted by Crippen LogP contribution is 2.40. The summed E-state index contributed by atoms with van der Waals surface area (Å²) in [4.78, 5) is 24.3. The normalized spacial score (nSPS) is 30.9. The molecule has 2 unspecified atom stereocenters. The SMILES string of the molecule is O=[N+]([O-])C12C=CCC([N+](=O)[O-])(CN(Cc3ccccc3)C1)C2. The van der Waals surface area contributed by atoms with Crippen LogP contribution in [0.25, 0.3) is 0 Å². The molecule has 1 heterocycles. The Hall–Kier alpha value is -2.28. The number of nitro groups is 2. The second-order valence-electron chi connectivity index (χ2n) is 6.26. The van der Waals surface area contributed by atoms with Gasteiger partial charge in [-0.25, -0.2) is 0 Å². The quantitative estimate of drug-likeness (QED) is 0.481. The van der Waals surface area contributed by atoms with Gasteiger partial charge in [-0.05, 0) is 11.6 Å². The third-order valence-electron chi connectivity index (χ3n) is 4.58. The number of rotatable bonds is 4. The van der Waals surface area contributed by atoms with Crippen molar-refractivity contribution in [3.8, 4) is 0 Å². The molecule has 1 aliphatic heterocycles. The number of fused-ring (bicyclic) bond motifs is 2. The molecule has 1 fully saturated rings.